The molecule has 5 heterocycles. The quantitative estimate of drug-likeness (QED) is 0.646. The zero-order chi connectivity index (χ0) is 20.6. The summed E-state index contributed by atoms with van der Waals surface area (Å²) < 4.78 is 6.35. The molecule has 0 aromatic carbocycles. The summed E-state index contributed by atoms with van der Waals surface area (Å²) in [6.45, 7) is 5.88. The van der Waals surface area contributed by atoms with Crippen molar-refractivity contribution in [3.63, 3.8) is 0 Å². The van der Waals surface area contributed by atoms with Crippen molar-refractivity contribution >= 4 is 22.5 Å². The molecule has 2 aliphatic heterocycles. The number of aromatic nitrogens is 4. The molecular formula is C22H30N7O+. The largest absolute Gasteiger partial charge is 0.381 e. The van der Waals surface area contributed by atoms with Crippen LogP contribution in [0.4, 0.5) is 11.6 Å². The Morgan fingerprint density at radius 2 is 1.90 bits per heavy atom. The first kappa shape index (κ1) is 19.4. The van der Waals surface area contributed by atoms with Crippen molar-refractivity contribution in [2.24, 2.45) is 0 Å². The van der Waals surface area contributed by atoms with Gasteiger partial charge in [-0.1, -0.05) is 0 Å². The second-order valence-corrected chi connectivity index (χ2v) is 8.73. The zero-order valence-electron chi connectivity index (χ0n) is 17.8. The highest BCUT2D eigenvalue weighted by Gasteiger charge is 2.31. The van der Waals surface area contributed by atoms with Gasteiger partial charge in [0.1, 0.15) is 11.5 Å². The van der Waals surface area contributed by atoms with Crippen molar-refractivity contribution < 1.29 is 4.74 Å². The van der Waals surface area contributed by atoms with Crippen LogP contribution in [0.25, 0.3) is 22.2 Å². The summed E-state index contributed by atoms with van der Waals surface area (Å²) in [5.41, 5.74) is 3.00. The van der Waals surface area contributed by atoms with Crippen LogP contribution in [-0.4, -0.2) is 84.6 Å². The van der Waals surface area contributed by atoms with Crippen LogP contribution in [0.15, 0.2) is 30.6 Å². The van der Waals surface area contributed by atoms with Gasteiger partial charge >= 0.3 is 0 Å². The Morgan fingerprint density at radius 3 is 2.70 bits per heavy atom. The average Bonchev–Trinajstić information content (AvgIpc) is 3.22. The topological polar surface area (TPSA) is 79.0 Å². The molecule has 0 amide bonds. The minimum atomic E-state index is 0.377. The summed E-state index contributed by atoms with van der Waals surface area (Å²) in [6.07, 6.45) is 5.74. The van der Waals surface area contributed by atoms with E-state index in [1.807, 2.05) is 24.5 Å². The van der Waals surface area contributed by atoms with Gasteiger partial charge in [-0.25, -0.2) is 9.97 Å². The van der Waals surface area contributed by atoms with Gasteiger partial charge in [0, 0.05) is 56.4 Å². The minimum Gasteiger partial charge on any atom is -0.381 e. The molecule has 2 aliphatic rings. The normalized spacial score (nSPS) is 20.5. The summed E-state index contributed by atoms with van der Waals surface area (Å²) in [4.78, 5) is 11.8. The monoisotopic (exact) mass is 408 g/mol. The summed E-state index contributed by atoms with van der Waals surface area (Å²) in [7, 11) is 4.46. The lowest BCUT2D eigenvalue weighted by molar-refractivity contribution is 0.0904. The molecule has 0 atom stereocenters. The number of quaternary nitrogens is 1. The molecule has 0 spiro atoms. The number of nitrogens with one attached hydrogen (secondary N) is 2. The van der Waals surface area contributed by atoms with E-state index in [0.717, 1.165) is 90.5 Å². The SMILES string of the molecule is CN1CC[N+](C)(c2cc(-c3n[nH]c4ccnc(NC5CCOCC5)c34)ccn2)CC1. The fraction of sp³-hybridized carbons (Fsp3) is 0.500. The van der Waals surface area contributed by atoms with E-state index < -0.39 is 0 Å². The van der Waals surface area contributed by atoms with Crippen molar-refractivity contribution in [1.82, 2.24) is 29.5 Å². The van der Waals surface area contributed by atoms with E-state index in [0.29, 0.717) is 6.04 Å². The first-order valence-corrected chi connectivity index (χ1v) is 10.8. The number of hydrogen-bond acceptors (Lipinski definition) is 6. The van der Waals surface area contributed by atoms with Gasteiger partial charge in [0.2, 0.25) is 5.82 Å². The Labute approximate surface area is 176 Å². The Hall–Kier alpha value is -2.55. The molecule has 2 fully saturated rings. The second-order valence-electron chi connectivity index (χ2n) is 8.73. The minimum absolute atomic E-state index is 0.377. The number of nitrogens with zero attached hydrogens (tertiary/aromatic N) is 5. The summed E-state index contributed by atoms with van der Waals surface area (Å²) in [5.74, 6) is 1.99. The van der Waals surface area contributed by atoms with Crippen LogP contribution in [0.5, 0.6) is 0 Å². The number of aromatic amines is 1. The fourth-order valence-electron chi connectivity index (χ4n) is 4.42. The van der Waals surface area contributed by atoms with Crippen LogP contribution in [0.3, 0.4) is 0 Å². The van der Waals surface area contributed by atoms with Crippen LogP contribution >= 0.6 is 0 Å². The highest BCUT2D eigenvalue weighted by atomic mass is 16.5. The number of rotatable bonds is 4. The van der Waals surface area contributed by atoms with Crippen LogP contribution in [0.1, 0.15) is 12.8 Å². The molecule has 0 unspecified atom stereocenters. The summed E-state index contributed by atoms with van der Waals surface area (Å²) in [5, 5.41) is 12.5. The Bertz CT molecular complexity index is 1020. The highest BCUT2D eigenvalue weighted by molar-refractivity contribution is 6.00. The van der Waals surface area contributed by atoms with Gasteiger partial charge in [0.15, 0.2) is 0 Å². The third kappa shape index (κ3) is 3.66. The molecule has 158 valence electrons. The smallest absolute Gasteiger partial charge is 0.228 e. The molecule has 30 heavy (non-hydrogen) atoms. The van der Waals surface area contributed by atoms with Gasteiger partial charge in [-0.3, -0.25) is 14.5 Å². The molecule has 3 aromatic heterocycles. The van der Waals surface area contributed by atoms with Gasteiger partial charge in [-0.05, 0) is 32.0 Å². The second kappa shape index (κ2) is 7.94. The lowest BCUT2D eigenvalue weighted by atomic mass is 10.1. The van der Waals surface area contributed by atoms with Crippen LogP contribution in [-0.2, 0) is 4.74 Å². The molecule has 8 nitrogen and oxygen atoms in total. The molecule has 0 bridgehead atoms. The van der Waals surface area contributed by atoms with E-state index >= 15 is 0 Å². The fourth-order valence-corrected chi connectivity index (χ4v) is 4.42. The van der Waals surface area contributed by atoms with E-state index in [-0.39, 0.29) is 0 Å². The van der Waals surface area contributed by atoms with Gasteiger partial charge in [-0.15, -0.1) is 0 Å². The van der Waals surface area contributed by atoms with Crippen LogP contribution in [0, 0.1) is 0 Å². The predicted octanol–water partition coefficient (Wildman–Crippen LogP) is 2.49. The van der Waals surface area contributed by atoms with Gasteiger partial charge in [-0.2, -0.15) is 5.10 Å². The van der Waals surface area contributed by atoms with Crippen molar-refractivity contribution in [2.75, 3.05) is 58.8 Å². The van der Waals surface area contributed by atoms with Crippen molar-refractivity contribution in [3.05, 3.63) is 30.6 Å². The number of likely N-dealkylation sites (N-methyl/N-ethyl adjacent to an activating group) is 2. The molecule has 2 N–H and O–H groups in total. The number of piperazine rings is 1. The van der Waals surface area contributed by atoms with Gasteiger partial charge in [0.25, 0.3) is 0 Å². The number of hydrogen-bond donors (Lipinski definition) is 2. The molecule has 5 rings (SSSR count). The van der Waals surface area contributed by atoms with E-state index in [1.165, 1.54) is 0 Å². The zero-order valence-corrected chi connectivity index (χ0v) is 17.8. The molecule has 0 radical (unpaired) electrons. The number of anilines is 1. The van der Waals surface area contributed by atoms with Crippen molar-refractivity contribution in [3.8, 4) is 11.3 Å². The summed E-state index contributed by atoms with van der Waals surface area (Å²) >= 11 is 0. The molecule has 2 saturated heterocycles. The maximum atomic E-state index is 5.50. The Morgan fingerprint density at radius 1 is 1.13 bits per heavy atom. The average molecular weight is 409 g/mol. The molecule has 3 aromatic rings. The van der Waals surface area contributed by atoms with Crippen molar-refractivity contribution in [1.29, 1.82) is 0 Å². The number of ether oxygens (including phenoxy) is 1. The Balaban J connectivity index is 1.51. The van der Waals surface area contributed by atoms with Gasteiger partial charge < -0.3 is 10.1 Å². The molecular weight excluding hydrogens is 378 g/mol. The van der Waals surface area contributed by atoms with Gasteiger partial charge in [0.05, 0.1) is 31.0 Å². The van der Waals surface area contributed by atoms with Crippen LogP contribution < -0.4 is 9.80 Å². The van der Waals surface area contributed by atoms with Crippen molar-refractivity contribution in [2.45, 2.75) is 18.9 Å². The first-order chi connectivity index (χ1) is 14.6. The molecule has 0 saturated carbocycles. The first-order valence-electron chi connectivity index (χ1n) is 10.8. The van der Waals surface area contributed by atoms with E-state index in [9.17, 15) is 0 Å². The van der Waals surface area contributed by atoms with E-state index in [1.54, 1.807) is 0 Å². The number of H-pyrrole nitrogens is 1. The summed E-state index contributed by atoms with van der Waals surface area (Å²) in [6, 6.07) is 6.61. The molecule has 8 heteroatoms. The number of pyridine rings is 2. The van der Waals surface area contributed by atoms with E-state index in [2.05, 4.69) is 45.6 Å². The maximum absolute atomic E-state index is 5.50. The van der Waals surface area contributed by atoms with E-state index in [4.69, 9.17) is 9.72 Å². The molecule has 0 aliphatic carbocycles. The lowest BCUT2D eigenvalue weighted by Crippen LogP contribution is -2.57. The standard InChI is InChI=1S/C22H30N7O/c1-28-9-11-29(2,12-10-28)19-15-16(3-7-23-19)21-20-18(26-27-21)4-8-24-22(20)25-17-5-13-30-14-6-17/h3-4,7-8,15,17H,5-6,9-14H2,1-2H3,(H,24,25)(H,26,27)/q+1. The third-order valence-electron chi connectivity index (χ3n) is 6.56. The highest BCUT2D eigenvalue weighted by Crippen LogP contribution is 2.33. The number of fused-ring (bicyclic) bond motifs is 1. The van der Waals surface area contributed by atoms with Crippen LogP contribution in [0.2, 0.25) is 0 Å². The lowest BCUT2D eigenvalue weighted by Gasteiger charge is -2.39. The predicted molar refractivity (Wildman–Crippen MR) is 120 cm³/mol. The maximum Gasteiger partial charge on any atom is 0.228 e. The Kier molecular flexibility index (Phi) is 5.14. The third-order valence-corrected chi connectivity index (χ3v) is 6.56.